The lowest BCUT2D eigenvalue weighted by Crippen LogP contribution is -2.39. The Hall–Kier alpha value is -3.99. The molecule has 3 aromatic rings. The smallest absolute Gasteiger partial charge is 0.326 e. The summed E-state index contributed by atoms with van der Waals surface area (Å²) in [5.74, 6) is 0.0318. The van der Waals surface area contributed by atoms with Crippen molar-refractivity contribution in [2.75, 3.05) is 10.2 Å². The van der Waals surface area contributed by atoms with Gasteiger partial charge in [-0.3, -0.25) is 9.88 Å². The number of ether oxygens (including phenoxy) is 1. The van der Waals surface area contributed by atoms with Crippen LogP contribution in [0.3, 0.4) is 0 Å². The number of urea groups is 1. The van der Waals surface area contributed by atoms with Gasteiger partial charge in [-0.25, -0.2) is 14.2 Å². The van der Waals surface area contributed by atoms with Crippen molar-refractivity contribution in [3.05, 3.63) is 77.1 Å². The Balaban J connectivity index is 1.61. The number of pyridine rings is 2. The number of hydrogen-bond donors (Lipinski definition) is 1. The van der Waals surface area contributed by atoms with Gasteiger partial charge in [-0.05, 0) is 36.8 Å². The van der Waals surface area contributed by atoms with Crippen LogP contribution in [0.1, 0.15) is 22.5 Å². The summed E-state index contributed by atoms with van der Waals surface area (Å²) in [5, 5.41) is 12.1. The lowest BCUT2D eigenvalue weighted by atomic mass is 10.1. The summed E-state index contributed by atoms with van der Waals surface area (Å²) < 4.78 is 19.4. The third-order valence-corrected chi connectivity index (χ3v) is 4.65. The summed E-state index contributed by atoms with van der Waals surface area (Å²) in [7, 11) is 0. The number of hydrogen-bond acceptors (Lipinski definition) is 5. The lowest BCUT2D eigenvalue weighted by Gasteiger charge is -2.30. The molecule has 0 saturated heterocycles. The first-order chi connectivity index (χ1) is 14.1. The molecule has 2 amide bonds. The number of carbonyl (C=O) groups excluding carboxylic acids is 1. The number of rotatable bonds is 4. The van der Waals surface area contributed by atoms with Gasteiger partial charge in [0, 0.05) is 24.0 Å². The van der Waals surface area contributed by atoms with E-state index in [0.29, 0.717) is 22.7 Å². The molecule has 29 heavy (non-hydrogen) atoms. The highest BCUT2D eigenvalue weighted by atomic mass is 19.1. The number of nitriles is 1. The molecule has 144 valence electrons. The van der Waals surface area contributed by atoms with Gasteiger partial charge >= 0.3 is 6.03 Å². The minimum Gasteiger partial charge on any atom is -0.487 e. The molecule has 1 N–H and O–H groups in total. The average molecular weight is 389 g/mol. The SMILES string of the molecule is Cc1ccc(OCc2ncccc2F)cc1N1Cc2c(ccnc2C#N)NC1=O. The van der Waals surface area contributed by atoms with Crippen molar-refractivity contribution in [1.82, 2.24) is 9.97 Å². The molecule has 0 aliphatic carbocycles. The van der Waals surface area contributed by atoms with Crippen LogP contribution < -0.4 is 15.0 Å². The Morgan fingerprint density at radius 3 is 2.93 bits per heavy atom. The summed E-state index contributed by atoms with van der Waals surface area (Å²) in [6.07, 6.45) is 2.99. The van der Waals surface area contributed by atoms with Crippen molar-refractivity contribution in [1.29, 1.82) is 5.26 Å². The molecular weight excluding hydrogens is 373 g/mol. The Bertz CT molecular complexity index is 1140. The molecular formula is C21H16FN5O2. The number of nitrogens with zero attached hydrogens (tertiary/aromatic N) is 4. The molecule has 0 atom stereocenters. The maximum atomic E-state index is 13.8. The number of amides is 2. The van der Waals surface area contributed by atoms with Crippen LogP contribution in [0.5, 0.6) is 5.75 Å². The number of aromatic nitrogens is 2. The molecule has 0 spiro atoms. The quantitative estimate of drug-likeness (QED) is 0.730. The first-order valence-electron chi connectivity index (χ1n) is 8.86. The van der Waals surface area contributed by atoms with E-state index in [1.807, 2.05) is 13.0 Å². The zero-order chi connectivity index (χ0) is 20.4. The molecule has 0 saturated carbocycles. The van der Waals surface area contributed by atoms with Crippen LogP contribution in [0.25, 0.3) is 0 Å². The van der Waals surface area contributed by atoms with Crippen molar-refractivity contribution in [2.24, 2.45) is 0 Å². The number of anilines is 2. The van der Waals surface area contributed by atoms with Crippen LogP contribution in [-0.4, -0.2) is 16.0 Å². The Labute approximate surface area is 166 Å². The highest BCUT2D eigenvalue weighted by Gasteiger charge is 2.27. The standard InChI is InChI=1S/C21H16FN5O2/c1-13-4-5-14(29-12-19-16(22)3-2-7-24-19)9-20(13)27-11-15-17(26-21(27)28)6-8-25-18(15)10-23/h2-9H,11-12H2,1H3,(H,26,28). The predicted octanol–water partition coefficient (Wildman–Crippen LogP) is 3.93. The monoisotopic (exact) mass is 389 g/mol. The molecule has 0 radical (unpaired) electrons. The van der Waals surface area contributed by atoms with Crippen LogP contribution in [0.2, 0.25) is 0 Å². The van der Waals surface area contributed by atoms with Crippen LogP contribution in [-0.2, 0) is 13.2 Å². The van der Waals surface area contributed by atoms with E-state index in [0.717, 1.165) is 5.56 Å². The van der Waals surface area contributed by atoms with E-state index in [-0.39, 0.29) is 30.6 Å². The molecule has 0 unspecified atom stereocenters. The maximum Gasteiger partial charge on any atom is 0.326 e. The average Bonchev–Trinajstić information content (AvgIpc) is 2.73. The summed E-state index contributed by atoms with van der Waals surface area (Å²) in [5.41, 5.74) is 3.17. The predicted molar refractivity (Wildman–Crippen MR) is 104 cm³/mol. The van der Waals surface area contributed by atoms with E-state index in [4.69, 9.17) is 4.74 Å². The van der Waals surface area contributed by atoms with Gasteiger partial charge in [0.05, 0.1) is 17.9 Å². The lowest BCUT2D eigenvalue weighted by molar-refractivity contribution is 0.256. The van der Waals surface area contributed by atoms with Crippen LogP contribution >= 0.6 is 0 Å². The summed E-state index contributed by atoms with van der Waals surface area (Å²) in [6.45, 7) is 2.04. The number of nitrogens with one attached hydrogen (secondary N) is 1. The minimum absolute atomic E-state index is 0.0350. The minimum atomic E-state index is -0.441. The van der Waals surface area contributed by atoms with Gasteiger partial charge in [0.1, 0.15) is 35.6 Å². The van der Waals surface area contributed by atoms with Gasteiger partial charge in [-0.1, -0.05) is 6.07 Å². The highest BCUT2D eigenvalue weighted by Crippen LogP contribution is 2.33. The fourth-order valence-corrected chi connectivity index (χ4v) is 3.12. The summed E-state index contributed by atoms with van der Waals surface area (Å²) in [6, 6.07) is 11.5. The number of fused-ring (bicyclic) bond motifs is 1. The van der Waals surface area contributed by atoms with Crippen molar-refractivity contribution >= 4 is 17.4 Å². The third-order valence-electron chi connectivity index (χ3n) is 4.65. The molecule has 7 nitrogen and oxygen atoms in total. The van der Waals surface area contributed by atoms with Crippen molar-refractivity contribution in [3.8, 4) is 11.8 Å². The van der Waals surface area contributed by atoms with E-state index in [9.17, 15) is 14.4 Å². The van der Waals surface area contributed by atoms with Gasteiger partial charge in [-0.15, -0.1) is 0 Å². The third kappa shape index (κ3) is 3.58. The molecule has 4 rings (SSSR count). The van der Waals surface area contributed by atoms with Gasteiger partial charge < -0.3 is 10.1 Å². The molecule has 3 heterocycles. The largest absolute Gasteiger partial charge is 0.487 e. The number of halogens is 1. The van der Waals surface area contributed by atoms with E-state index in [1.54, 1.807) is 18.2 Å². The molecule has 1 aliphatic rings. The Morgan fingerprint density at radius 2 is 2.14 bits per heavy atom. The van der Waals surface area contributed by atoms with Gasteiger partial charge in [0.25, 0.3) is 0 Å². The first-order valence-corrected chi connectivity index (χ1v) is 8.86. The molecule has 0 fully saturated rings. The number of aryl methyl sites for hydroxylation is 1. The summed E-state index contributed by atoms with van der Waals surface area (Å²) >= 11 is 0. The van der Waals surface area contributed by atoms with E-state index >= 15 is 0 Å². The zero-order valence-corrected chi connectivity index (χ0v) is 15.5. The van der Waals surface area contributed by atoms with E-state index in [2.05, 4.69) is 21.4 Å². The zero-order valence-electron chi connectivity index (χ0n) is 15.5. The second-order valence-electron chi connectivity index (χ2n) is 6.48. The van der Waals surface area contributed by atoms with Gasteiger partial charge in [0.2, 0.25) is 0 Å². The van der Waals surface area contributed by atoms with Crippen molar-refractivity contribution in [3.63, 3.8) is 0 Å². The van der Waals surface area contributed by atoms with Crippen LogP contribution in [0.4, 0.5) is 20.6 Å². The molecule has 2 aromatic heterocycles. The van der Waals surface area contributed by atoms with E-state index < -0.39 is 5.82 Å². The van der Waals surface area contributed by atoms with Gasteiger partial charge in [0.15, 0.2) is 0 Å². The fourth-order valence-electron chi connectivity index (χ4n) is 3.12. The highest BCUT2D eigenvalue weighted by molar-refractivity contribution is 6.05. The summed E-state index contributed by atoms with van der Waals surface area (Å²) in [4.78, 5) is 22.2. The maximum absolute atomic E-state index is 13.8. The number of carbonyl (C=O) groups is 1. The molecule has 0 bridgehead atoms. The van der Waals surface area contributed by atoms with Crippen LogP contribution in [0.15, 0.2) is 48.8 Å². The normalized spacial score (nSPS) is 12.7. The topological polar surface area (TPSA) is 91.1 Å². The van der Waals surface area contributed by atoms with Gasteiger partial charge in [-0.2, -0.15) is 5.26 Å². The molecule has 1 aromatic carbocycles. The fraction of sp³-hybridized carbons (Fsp3) is 0.143. The second-order valence-corrected chi connectivity index (χ2v) is 6.48. The molecule has 8 heteroatoms. The van der Waals surface area contributed by atoms with E-state index in [1.165, 1.54) is 29.4 Å². The van der Waals surface area contributed by atoms with Crippen LogP contribution in [0, 0.1) is 24.1 Å². The first kappa shape index (κ1) is 18.4. The number of benzene rings is 1. The second kappa shape index (κ2) is 7.56. The Kier molecular flexibility index (Phi) is 4.79. The Morgan fingerprint density at radius 1 is 1.28 bits per heavy atom. The van der Waals surface area contributed by atoms with Crippen molar-refractivity contribution < 1.29 is 13.9 Å². The van der Waals surface area contributed by atoms with Crippen molar-refractivity contribution in [2.45, 2.75) is 20.1 Å². The molecule has 1 aliphatic heterocycles.